The molecule has 0 fully saturated rings. The van der Waals surface area contributed by atoms with Gasteiger partial charge in [-0.3, -0.25) is 9.59 Å². The van der Waals surface area contributed by atoms with Gasteiger partial charge in [-0.15, -0.1) is 0 Å². The van der Waals surface area contributed by atoms with Crippen LogP contribution in [0.5, 0.6) is 23.0 Å². The predicted octanol–water partition coefficient (Wildman–Crippen LogP) is 5.07. The number of benzene rings is 4. The first-order chi connectivity index (χ1) is 20.9. The molecule has 0 bridgehead atoms. The van der Waals surface area contributed by atoms with Gasteiger partial charge in [0.2, 0.25) is 18.6 Å². The van der Waals surface area contributed by atoms with Crippen molar-refractivity contribution in [1.82, 2.24) is 10.2 Å². The SMILES string of the molecule is COc1ccc(CC(=O)N(Cc2ccc(F)cc2)[C@H](Cc2ccccc2)C(=O)NCc2ccc3c(c2)OCO3)cc1OC. The highest BCUT2D eigenvalue weighted by Crippen LogP contribution is 2.32. The molecule has 0 saturated heterocycles. The lowest BCUT2D eigenvalue weighted by molar-refractivity contribution is -0.140. The lowest BCUT2D eigenvalue weighted by Crippen LogP contribution is -2.50. The summed E-state index contributed by atoms with van der Waals surface area (Å²) in [5, 5.41) is 3.01. The molecule has 0 spiro atoms. The van der Waals surface area contributed by atoms with Crippen molar-refractivity contribution in [2.75, 3.05) is 21.0 Å². The number of rotatable bonds is 12. The number of halogens is 1. The Hall–Kier alpha value is -5.05. The normalized spacial score (nSPS) is 12.3. The molecule has 2 amide bonds. The van der Waals surface area contributed by atoms with Gasteiger partial charge in [0.15, 0.2) is 23.0 Å². The molecule has 4 aromatic carbocycles. The number of nitrogens with one attached hydrogen (secondary N) is 1. The molecular weight excluding hydrogens is 551 g/mol. The van der Waals surface area contributed by atoms with E-state index in [1.165, 1.54) is 19.2 Å². The summed E-state index contributed by atoms with van der Waals surface area (Å²) in [4.78, 5) is 29.5. The average molecular weight is 585 g/mol. The van der Waals surface area contributed by atoms with Crippen LogP contribution in [-0.4, -0.2) is 43.8 Å². The average Bonchev–Trinajstić information content (AvgIpc) is 3.51. The van der Waals surface area contributed by atoms with Gasteiger partial charge in [0.25, 0.3) is 0 Å². The van der Waals surface area contributed by atoms with Crippen LogP contribution in [-0.2, 0) is 35.5 Å². The zero-order chi connectivity index (χ0) is 30.2. The molecular formula is C34H33FN2O6. The van der Waals surface area contributed by atoms with E-state index in [0.29, 0.717) is 34.1 Å². The Morgan fingerprint density at radius 2 is 1.51 bits per heavy atom. The molecule has 0 aromatic heterocycles. The van der Waals surface area contributed by atoms with Crippen molar-refractivity contribution in [1.29, 1.82) is 0 Å². The lowest BCUT2D eigenvalue weighted by atomic mass is 10.0. The fourth-order valence-corrected chi connectivity index (χ4v) is 4.97. The molecule has 1 aliphatic heterocycles. The highest BCUT2D eigenvalue weighted by molar-refractivity contribution is 5.89. The maximum atomic E-state index is 14.0. The van der Waals surface area contributed by atoms with Gasteiger partial charge in [0.1, 0.15) is 11.9 Å². The Morgan fingerprint density at radius 1 is 0.814 bits per heavy atom. The van der Waals surface area contributed by atoms with Crippen LogP contribution in [0.3, 0.4) is 0 Å². The second kappa shape index (κ2) is 13.7. The van der Waals surface area contributed by atoms with E-state index < -0.39 is 6.04 Å². The molecule has 0 unspecified atom stereocenters. The van der Waals surface area contributed by atoms with Crippen LogP contribution in [0.25, 0.3) is 0 Å². The van der Waals surface area contributed by atoms with Crippen molar-refractivity contribution in [3.63, 3.8) is 0 Å². The monoisotopic (exact) mass is 584 g/mol. The van der Waals surface area contributed by atoms with Crippen LogP contribution < -0.4 is 24.3 Å². The summed E-state index contributed by atoms with van der Waals surface area (Å²) >= 11 is 0. The van der Waals surface area contributed by atoms with E-state index in [1.54, 1.807) is 48.4 Å². The number of ether oxygens (including phenoxy) is 4. The number of carbonyl (C=O) groups is 2. The van der Waals surface area contributed by atoms with E-state index in [-0.39, 0.29) is 50.4 Å². The van der Waals surface area contributed by atoms with Crippen LogP contribution in [0.2, 0.25) is 0 Å². The van der Waals surface area contributed by atoms with Crippen molar-refractivity contribution < 1.29 is 32.9 Å². The van der Waals surface area contributed by atoms with Gasteiger partial charge in [-0.2, -0.15) is 0 Å². The number of carbonyl (C=O) groups excluding carboxylic acids is 2. The van der Waals surface area contributed by atoms with Gasteiger partial charge in [-0.25, -0.2) is 4.39 Å². The molecule has 1 aliphatic rings. The van der Waals surface area contributed by atoms with Crippen molar-refractivity contribution in [3.8, 4) is 23.0 Å². The molecule has 43 heavy (non-hydrogen) atoms. The minimum atomic E-state index is -0.853. The van der Waals surface area contributed by atoms with E-state index in [4.69, 9.17) is 18.9 Å². The zero-order valence-corrected chi connectivity index (χ0v) is 24.0. The molecule has 1 N–H and O–H groups in total. The van der Waals surface area contributed by atoms with Crippen molar-refractivity contribution in [2.24, 2.45) is 0 Å². The van der Waals surface area contributed by atoms with Gasteiger partial charge in [0, 0.05) is 19.5 Å². The maximum absolute atomic E-state index is 14.0. The molecule has 4 aromatic rings. The summed E-state index contributed by atoms with van der Waals surface area (Å²) in [7, 11) is 3.08. The summed E-state index contributed by atoms with van der Waals surface area (Å²) < 4.78 is 35.4. The molecule has 5 rings (SSSR count). The van der Waals surface area contributed by atoms with E-state index in [9.17, 15) is 14.0 Å². The first kappa shape index (κ1) is 29.4. The molecule has 0 aliphatic carbocycles. The molecule has 1 atom stereocenters. The fourth-order valence-electron chi connectivity index (χ4n) is 4.97. The fraction of sp³-hybridized carbons (Fsp3) is 0.235. The molecule has 9 heteroatoms. The van der Waals surface area contributed by atoms with Gasteiger partial charge < -0.3 is 29.2 Å². The maximum Gasteiger partial charge on any atom is 0.243 e. The second-order valence-corrected chi connectivity index (χ2v) is 10.1. The zero-order valence-electron chi connectivity index (χ0n) is 24.0. The van der Waals surface area contributed by atoms with Crippen molar-refractivity contribution in [3.05, 3.63) is 119 Å². The van der Waals surface area contributed by atoms with Crippen LogP contribution in [0.1, 0.15) is 22.3 Å². The lowest BCUT2D eigenvalue weighted by Gasteiger charge is -2.32. The minimum absolute atomic E-state index is 0.0162. The molecule has 8 nitrogen and oxygen atoms in total. The van der Waals surface area contributed by atoms with Crippen molar-refractivity contribution in [2.45, 2.75) is 32.0 Å². The van der Waals surface area contributed by atoms with Gasteiger partial charge in [-0.1, -0.05) is 54.6 Å². The van der Waals surface area contributed by atoms with E-state index >= 15 is 0 Å². The Kier molecular flexibility index (Phi) is 9.41. The Labute approximate surface area is 249 Å². The highest BCUT2D eigenvalue weighted by Gasteiger charge is 2.30. The number of hydrogen-bond acceptors (Lipinski definition) is 6. The van der Waals surface area contributed by atoms with Gasteiger partial charge in [0.05, 0.1) is 20.6 Å². The van der Waals surface area contributed by atoms with E-state index in [2.05, 4.69) is 5.32 Å². The Bertz CT molecular complexity index is 1560. The summed E-state index contributed by atoms with van der Waals surface area (Å²) in [6.07, 6.45) is 0.301. The van der Waals surface area contributed by atoms with E-state index in [1.807, 2.05) is 42.5 Å². The van der Waals surface area contributed by atoms with E-state index in [0.717, 1.165) is 11.1 Å². The topological polar surface area (TPSA) is 86.3 Å². The second-order valence-electron chi connectivity index (χ2n) is 10.1. The summed E-state index contributed by atoms with van der Waals surface area (Å²) in [6.45, 7) is 0.501. The largest absolute Gasteiger partial charge is 0.493 e. The number of fused-ring (bicyclic) bond motifs is 1. The summed E-state index contributed by atoms with van der Waals surface area (Å²) in [5.41, 5.74) is 3.13. The molecule has 1 heterocycles. The van der Waals surface area contributed by atoms with Gasteiger partial charge in [-0.05, 0) is 58.7 Å². The van der Waals surface area contributed by atoms with Crippen LogP contribution >= 0.6 is 0 Å². The smallest absolute Gasteiger partial charge is 0.243 e. The molecule has 0 saturated carbocycles. The third kappa shape index (κ3) is 7.43. The summed E-state index contributed by atoms with van der Waals surface area (Å²) in [6, 6.07) is 25.4. The summed E-state index contributed by atoms with van der Waals surface area (Å²) in [5.74, 6) is 1.36. The first-order valence-electron chi connectivity index (χ1n) is 13.9. The van der Waals surface area contributed by atoms with Crippen LogP contribution in [0, 0.1) is 5.82 Å². The number of methoxy groups -OCH3 is 2. The third-order valence-corrected chi connectivity index (χ3v) is 7.24. The Morgan fingerprint density at radius 3 is 2.26 bits per heavy atom. The predicted molar refractivity (Wildman–Crippen MR) is 159 cm³/mol. The standard InChI is InChI=1S/C34H33FN2O6/c1-40-29-14-10-25(17-31(29)41-2)19-33(38)37(21-24-8-12-27(35)13-9-24)28(16-23-6-4-3-5-7-23)34(39)36-20-26-11-15-30-32(18-26)43-22-42-30/h3-15,17-18,28H,16,19-22H2,1-2H3,(H,36,39)/t28-/m1/s1. The number of hydrogen-bond donors (Lipinski definition) is 1. The molecule has 222 valence electrons. The Balaban J connectivity index is 1.44. The third-order valence-electron chi connectivity index (χ3n) is 7.24. The number of nitrogens with zero attached hydrogens (tertiary/aromatic N) is 1. The van der Waals surface area contributed by atoms with Gasteiger partial charge >= 0.3 is 0 Å². The minimum Gasteiger partial charge on any atom is -0.493 e. The number of amides is 2. The molecule has 0 radical (unpaired) electrons. The quantitative estimate of drug-likeness (QED) is 0.250. The van der Waals surface area contributed by atoms with Crippen LogP contribution in [0.15, 0.2) is 91.0 Å². The highest BCUT2D eigenvalue weighted by atomic mass is 19.1. The first-order valence-corrected chi connectivity index (χ1v) is 13.9. The van der Waals surface area contributed by atoms with Crippen molar-refractivity contribution >= 4 is 11.8 Å². The van der Waals surface area contributed by atoms with Crippen LogP contribution in [0.4, 0.5) is 4.39 Å².